The summed E-state index contributed by atoms with van der Waals surface area (Å²) in [5.74, 6) is -0.757. The number of hydrogen-bond acceptors (Lipinski definition) is 5. The molecule has 0 aliphatic heterocycles. The number of thiazole rings is 1. The highest BCUT2D eigenvalue weighted by Crippen LogP contribution is 2.21. The third-order valence-electron chi connectivity index (χ3n) is 2.41. The molecule has 0 amide bonds. The Labute approximate surface area is 114 Å². The van der Waals surface area contributed by atoms with Crippen LogP contribution in [0.5, 0.6) is 0 Å². The summed E-state index contributed by atoms with van der Waals surface area (Å²) in [5, 5.41) is 2.60. The average Bonchev–Trinajstić information content (AvgIpc) is 2.76. The zero-order valence-electron chi connectivity index (χ0n) is 10.1. The Hall–Kier alpha value is -1.51. The van der Waals surface area contributed by atoms with Crippen LogP contribution >= 0.6 is 11.3 Å². The summed E-state index contributed by atoms with van der Waals surface area (Å²) in [4.78, 5) is 3.87. The predicted molar refractivity (Wildman–Crippen MR) is 71.7 cm³/mol. The van der Waals surface area contributed by atoms with Gasteiger partial charge < -0.3 is 5.73 Å². The monoisotopic (exact) mass is 301 g/mol. The second-order valence-electron chi connectivity index (χ2n) is 3.83. The number of anilines is 1. The highest BCUT2D eigenvalue weighted by molar-refractivity contribution is 7.89. The van der Waals surface area contributed by atoms with Crippen molar-refractivity contribution in [3.63, 3.8) is 0 Å². The van der Waals surface area contributed by atoms with Gasteiger partial charge in [-0.05, 0) is 19.1 Å². The van der Waals surface area contributed by atoms with E-state index in [9.17, 15) is 12.8 Å². The van der Waals surface area contributed by atoms with Crippen LogP contribution in [0.1, 0.15) is 10.7 Å². The SMILES string of the molecule is Cc1nc(CNS(=O)(=O)c2cccc(F)c2N)cs1. The van der Waals surface area contributed by atoms with Crippen molar-refractivity contribution in [2.24, 2.45) is 0 Å². The van der Waals surface area contributed by atoms with E-state index in [2.05, 4.69) is 9.71 Å². The van der Waals surface area contributed by atoms with Gasteiger partial charge in [0.1, 0.15) is 10.7 Å². The van der Waals surface area contributed by atoms with Crippen molar-refractivity contribution >= 4 is 27.0 Å². The van der Waals surface area contributed by atoms with E-state index in [1.54, 1.807) is 5.38 Å². The molecule has 3 N–H and O–H groups in total. The molecule has 0 unspecified atom stereocenters. The lowest BCUT2D eigenvalue weighted by atomic mass is 10.3. The molecule has 8 heteroatoms. The van der Waals surface area contributed by atoms with Gasteiger partial charge in [0.25, 0.3) is 0 Å². The Kier molecular flexibility index (Phi) is 3.83. The number of halogens is 1. The fraction of sp³-hybridized carbons (Fsp3) is 0.182. The molecule has 1 aromatic carbocycles. The molecule has 5 nitrogen and oxygen atoms in total. The molecule has 0 saturated heterocycles. The summed E-state index contributed by atoms with van der Waals surface area (Å²) in [7, 11) is -3.85. The Morgan fingerprint density at radius 3 is 2.84 bits per heavy atom. The van der Waals surface area contributed by atoms with E-state index in [-0.39, 0.29) is 17.1 Å². The van der Waals surface area contributed by atoms with Crippen molar-refractivity contribution in [1.29, 1.82) is 0 Å². The Morgan fingerprint density at radius 1 is 1.47 bits per heavy atom. The number of nitrogens with zero attached hydrogens (tertiary/aromatic N) is 1. The van der Waals surface area contributed by atoms with Crippen LogP contribution in [0, 0.1) is 12.7 Å². The molecule has 2 aromatic rings. The smallest absolute Gasteiger partial charge is 0.243 e. The molecule has 0 aliphatic rings. The summed E-state index contributed by atoms with van der Waals surface area (Å²) >= 11 is 1.43. The van der Waals surface area contributed by atoms with Gasteiger partial charge in [-0.2, -0.15) is 0 Å². The number of nitrogens with one attached hydrogen (secondary N) is 1. The van der Waals surface area contributed by atoms with Crippen LogP contribution in [-0.4, -0.2) is 13.4 Å². The van der Waals surface area contributed by atoms with E-state index < -0.39 is 15.8 Å². The molecule has 19 heavy (non-hydrogen) atoms. The Bertz CT molecular complexity index is 698. The minimum Gasteiger partial charge on any atom is -0.395 e. The average molecular weight is 301 g/mol. The van der Waals surface area contributed by atoms with E-state index in [4.69, 9.17) is 5.73 Å². The van der Waals surface area contributed by atoms with Gasteiger partial charge in [0.05, 0.1) is 22.9 Å². The van der Waals surface area contributed by atoms with Gasteiger partial charge in [-0.1, -0.05) is 6.07 Å². The van der Waals surface area contributed by atoms with E-state index in [1.807, 2.05) is 6.92 Å². The first kappa shape index (κ1) is 13.9. The predicted octanol–water partition coefficient (Wildman–Crippen LogP) is 1.65. The summed E-state index contributed by atoms with van der Waals surface area (Å²) in [6.07, 6.45) is 0. The lowest BCUT2D eigenvalue weighted by Crippen LogP contribution is -2.24. The number of para-hydroxylation sites is 1. The van der Waals surface area contributed by atoms with Gasteiger partial charge >= 0.3 is 0 Å². The maximum absolute atomic E-state index is 13.2. The second-order valence-corrected chi connectivity index (χ2v) is 6.63. The molecule has 0 spiro atoms. The quantitative estimate of drug-likeness (QED) is 0.841. The number of aryl methyl sites for hydroxylation is 1. The molecule has 1 aromatic heterocycles. The molecule has 0 saturated carbocycles. The molecule has 102 valence electrons. The molecule has 1 heterocycles. The van der Waals surface area contributed by atoms with Crippen LogP contribution in [0.3, 0.4) is 0 Å². The van der Waals surface area contributed by atoms with E-state index in [0.29, 0.717) is 5.69 Å². The Morgan fingerprint density at radius 2 is 2.21 bits per heavy atom. The fourth-order valence-corrected chi connectivity index (χ4v) is 3.24. The number of rotatable bonds is 4. The minimum atomic E-state index is -3.85. The summed E-state index contributed by atoms with van der Waals surface area (Å²) in [6.45, 7) is 1.87. The van der Waals surface area contributed by atoms with Gasteiger partial charge in [-0.25, -0.2) is 22.5 Å². The third-order valence-corrected chi connectivity index (χ3v) is 4.69. The Balaban J connectivity index is 2.21. The van der Waals surface area contributed by atoms with Crippen molar-refractivity contribution in [2.45, 2.75) is 18.4 Å². The molecule has 0 fully saturated rings. The van der Waals surface area contributed by atoms with Crippen LogP contribution in [-0.2, 0) is 16.6 Å². The molecular weight excluding hydrogens is 289 g/mol. The van der Waals surface area contributed by atoms with Gasteiger partial charge in [0, 0.05) is 5.38 Å². The third kappa shape index (κ3) is 3.09. The number of sulfonamides is 1. The normalized spacial score (nSPS) is 11.7. The van der Waals surface area contributed by atoms with Crippen LogP contribution < -0.4 is 10.5 Å². The standard InChI is InChI=1S/C11H12FN3O2S2/c1-7-15-8(6-18-7)5-14-19(16,17)10-4-2-3-9(12)11(10)13/h2-4,6,14H,5,13H2,1H3. The van der Waals surface area contributed by atoms with E-state index >= 15 is 0 Å². The zero-order valence-corrected chi connectivity index (χ0v) is 11.7. The van der Waals surface area contributed by atoms with Crippen LogP contribution in [0.15, 0.2) is 28.5 Å². The highest BCUT2D eigenvalue weighted by atomic mass is 32.2. The molecular formula is C11H12FN3O2S2. The van der Waals surface area contributed by atoms with E-state index in [1.165, 1.54) is 23.5 Å². The molecule has 0 radical (unpaired) electrons. The van der Waals surface area contributed by atoms with Crippen molar-refractivity contribution in [2.75, 3.05) is 5.73 Å². The van der Waals surface area contributed by atoms with Crippen molar-refractivity contribution < 1.29 is 12.8 Å². The molecule has 0 atom stereocenters. The fourth-order valence-electron chi connectivity index (χ4n) is 1.49. The first-order valence-corrected chi connectivity index (χ1v) is 7.71. The van der Waals surface area contributed by atoms with Gasteiger partial charge in [0.2, 0.25) is 10.0 Å². The maximum atomic E-state index is 13.2. The minimum absolute atomic E-state index is 0.0443. The van der Waals surface area contributed by atoms with E-state index in [0.717, 1.165) is 11.1 Å². The number of benzene rings is 1. The number of aromatic nitrogens is 1. The largest absolute Gasteiger partial charge is 0.395 e. The topological polar surface area (TPSA) is 85.1 Å². The maximum Gasteiger partial charge on any atom is 0.243 e. The molecule has 2 rings (SSSR count). The number of hydrogen-bond donors (Lipinski definition) is 2. The lowest BCUT2D eigenvalue weighted by molar-refractivity contribution is 0.578. The van der Waals surface area contributed by atoms with Crippen LogP contribution in [0.4, 0.5) is 10.1 Å². The molecule has 0 bridgehead atoms. The van der Waals surface area contributed by atoms with Crippen molar-refractivity contribution in [1.82, 2.24) is 9.71 Å². The van der Waals surface area contributed by atoms with Crippen LogP contribution in [0.25, 0.3) is 0 Å². The van der Waals surface area contributed by atoms with Crippen molar-refractivity contribution in [3.05, 3.63) is 40.1 Å². The summed E-state index contributed by atoms with van der Waals surface area (Å²) in [5.41, 5.74) is 5.66. The first-order valence-electron chi connectivity index (χ1n) is 5.35. The van der Waals surface area contributed by atoms with Crippen LogP contribution in [0.2, 0.25) is 0 Å². The summed E-state index contributed by atoms with van der Waals surface area (Å²) in [6, 6.07) is 3.67. The number of nitrogens with two attached hydrogens (primary N) is 1. The number of nitrogen functional groups attached to an aromatic ring is 1. The zero-order chi connectivity index (χ0) is 14.0. The van der Waals surface area contributed by atoms with Gasteiger partial charge in [0.15, 0.2) is 0 Å². The second kappa shape index (κ2) is 5.24. The highest BCUT2D eigenvalue weighted by Gasteiger charge is 2.19. The summed E-state index contributed by atoms with van der Waals surface area (Å²) < 4.78 is 39.6. The van der Waals surface area contributed by atoms with Crippen molar-refractivity contribution in [3.8, 4) is 0 Å². The first-order chi connectivity index (χ1) is 8.90. The lowest BCUT2D eigenvalue weighted by Gasteiger charge is -2.08. The van der Waals surface area contributed by atoms with Gasteiger partial charge in [-0.3, -0.25) is 0 Å². The van der Waals surface area contributed by atoms with Gasteiger partial charge in [-0.15, -0.1) is 11.3 Å². The molecule has 0 aliphatic carbocycles.